The maximum Gasteiger partial charge on any atom is 0.239 e. The molecule has 0 radical (unpaired) electrons. The normalized spacial score (nSPS) is 11.9. The van der Waals surface area contributed by atoms with Crippen molar-refractivity contribution in [3.05, 3.63) is 89.2 Å². The van der Waals surface area contributed by atoms with Crippen LogP contribution in [0.5, 0.6) is 0 Å². The summed E-state index contributed by atoms with van der Waals surface area (Å²) in [5, 5.41) is 7.20. The first kappa shape index (κ1) is 20.7. The van der Waals surface area contributed by atoms with E-state index < -0.39 is 17.6 Å². The second-order valence-corrected chi connectivity index (χ2v) is 7.30. The molecule has 0 spiro atoms. The molecule has 1 atom stereocenters. The molecule has 8 heteroatoms. The lowest BCUT2D eigenvalue weighted by atomic mass is 9.99. The van der Waals surface area contributed by atoms with Crippen molar-refractivity contribution in [2.24, 2.45) is 0 Å². The smallest absolute Gasteiger partial charge is 0.239 e. The van der Waals surface area contributed by atoms with Crippen molar-refractivity contribution in [2.45, 2.75) is 12.8 Å². The van der Waals surface area contributed by atoms with Crippen LogP contribution in [0.3, 0.4) is 0 Å². The minimum atomic E-state index is -0.797. The van der Waals surface area contributed by atoms with Gasteiger partial charge in [-0.05, 0) is 54.4 Å². The third kappa shape index (κ3) is 4.32. The van der Waals surface area contributed by atoms with Crippen LogP contribution in [0.4, 0.5) is 14.7 Å². The van der Waals surface area contributed by atoms with Gasteiger partial charge in [-0.3, -0.25) is 15.1 Å². The number of nitrogens with zero attached hydrogens (tertiary/aromatic N) is 2. The number of rotatable bonds is 5. The van der Waals surface area contributed by atoms with Crippen molar-refractivity contribution >= 4 is 23.4 Å². The average Bonchev–Trinajstić information content (AvgIpc) is 3.17. The summed E-state index contributed by atoms with van der Waals surface area (Å²) in [6.07, 6.45) is 3.10. The Bertz CT molecular complexity index is 1240. The van der Waals surface area contributed by atoms with E-state index in [0.717, 1.165) is 17.7 Å². The molecular formula is C23H16ClF2N3O2. The summed E-state index contributed by atoms with van der Waals surface area (Å²) < 4.78 is 33.2. The molecule has 0 saturated heterocycles. The Kier molecular flexibility index (Phi) is 5.77. The first-order valence-electron chi connectivity index (χ1n) is 9.36. The monoisotopic (exact) mass is 439 g/mol. The Balaban J connectivity index is 1.74. The number of carbonyl (C=O) groups is 1. The van der Waals surface area contributed by atoms with Crippen molar-refractivity contribution < 1.29 is 18.1 Å². The number of carbonyl (C=O) groups excluding carboxylic acids is 1. The fourth-order valence-electron chi connectivity index (χ4n) is 3.17. The van der Waals surface area contributed by atoms with Gasteiger partial charge in [0, 0.05) is 29.0 Å². The van der Waals surface area contributed by atoms with Crippen molar-refractivity contribution in [3.8, 4) is 22.4 Å². The Morgan fingerprint density at radius 3 is 2.58 bits per heavy atom. The van der Waals surface area contributed by atoms with Crippen LogP contribution >= 0.6 is 11.6 Å². The highest BCUT2D eigenvalue weighted by Gasteiger charge is 2.25. The number of amides is 1. The van der Waals surface area contributed by atoms with Crippen LogP contribution in [0.2, 0.25) is 5.02 Å². The molecule has 0 aliphatic heterocycles. The van der Waals surface area contributed by atoms with Crippen LogP contribution < -0.4 is 5.32 Å². The molecule has 156 valence electrons. The molecule has 0 bridgehead atoms. The summed E-state index contributed by atoms with van der Waals surface area (Å²) in [7, 11) is 0. The lowest BCUT2D eigenvalue weighted by Crippen LogP contribution is -2.19. The first-order chi connectivity index (χ1) is 14.9. The maximum absolute atomic E-state index is 14.5. The van der Waals surface area contributed by atoms with Crippen molar-refractivity contribution in [2.75, 3.05) is 5.32 Å². The summed E-state index contributed by atoms with van der Waals surface area (Å²) in [5.41, 5.74) is 1.86. The zero-order chi connectivity index (χ0) is 22.0. The molecule has 0 aliphatic carbocycles. The predicted octanol–water partition coefficient (Wildman–Crippen LogP) is 6.08. The summed E-state index contributed by atoms with van der Waals surface area (Å²) >= 11 is 6.03. The van der Waals surface area contributed by atoms with Crippen LogP contribution in [0, 0.1) is 11.6 Å². The van der Waals surface area contributed by atoms with Gasteiger partial charge in [0.25, 0.3) is 0 Å². The molecule has 31 heavy (non-hydrogen) atoms. The number of hydrogen-bond donors (Lipinski definition) is 1. The van der Waals surface area contributed by atoms with Gasteiger partial charge in [0.05, 0.1) is 11.5 Å². The zero-order valence-corrected chi connectivity index (χ0v) is 17.0. The molecule has 1 unspecified atom stereocenters. The van der Waals surface area contributed by atoms with Crippen LogP contribution in [0.1, 0.15) is 18.4 Å². The van der Waals surface area contributed by atoms with E-state index in [4.69, 9.17) is 16.1 Å². The quantitative estimate of drug-likeness (QED) is 0.409. The lowest BCUT2D eigenvalue weighted by molar-refractivity contribution is -0.117. The van der Waals surface area contributed by atoms with Crippen LogP contribution in [-0.4, -0.2) is 16.0 Å². The molecule has 0 saturated carbocycles. The van der Waals surface area contributed by atoms with E-state index >= 15 is 0 Å². The van der Waals surface area contributed by atoms with Gasteiger partial charge in [-0.1, -0.05) is 28.9 Å². The van der Waals surface area contributed by atoms with Gasteiger partial charge in [0.1, 0.15) is 17.3 Å². The molecule has 0 fully saturated rings. The van der Waals surface area contributed by atoms with E-state index in [0.29, 0.717) is 16.1 Å². The number of halogens is 3. The number of aromatic nitrogens is 2. The average molecular weight is 440 g/mol. The van der Waals surface area contributed by atoms with E-state index in [9.17, 15) is 13.6 Å². The van der Waals surface area contributed by atoms with Gasteiger partial charge < -0.3 is 4.52 Å². The predicted molar refractivity (Wildman–Crippen MR) is 114 cm³/mol. The van der Waals surface area contributed by atoms with E-state index in [2.05, 4.69) is 15.5 Å². The Morgan fingerprint density at radius 1 is 1.10 bits per heavy atom. The fourth-order valence-corrected chi connectivity index (χ4v) is 3.37. The summed E-state index contributed by atoms with van der Waals surface area (Å²) in [5.74, 6) is -2.36. The van der Waals surface area contributed by atoms with Gasteiger partial charge in [-0.2, -0.15) is 0 Å². The highest BCUT2D eigenvalue weighted by Crippen LogP contribution is 2.39. The second kappa shape index (κ2) is 8.65. The van der Waals surface area contributed by atoms with Gasteiger partial charge in [-0.15, -0.1) is 0 Å². The largest absolute Gasteiger partial charge is 0.337 e. The van der Waals surface area contributed by atoms with Gasteiger partial charge in [0.2, 0.25) is 11.8 Å². The SMILES string of the molecule is CC(C(=O)Nc1onc(-c2ccc(F)cc2F)c1-c1ccncc1)c1cccc(Cl)c1. The Labute approximate surface area is 181 Å². The summed E-state index contributed by atoms with van der Waals surface area (Å²) in [6, 6.07) is 13.5. The topological polar surface area (TPSA) is 68.0 Å². The summed E-state index contributed by atoms with van der Waals surface area (Å²) in [6.45, 7) is 1.73. The minimum Gasteiger partial charge on any atom is -0.337 e. The minimum absolute atomic E-state index is 0.0420. The van der Waals surface area contributed by atoms with Gasteiger partial charge >= 0.3 is 0 Å². The zero-order valence-electron chi connectivity index (χ0n) is 16.3. The van der Waals surface area contributed by atoms with Gasteiger partial charge in [0.15, 0.2) is 0 Å². The molecule has 0 aliphatic rings. The van der Waals surface area contributed by atoms with E-state index in [-0.39, 0.29) is 23.0 Å². The second-order valence-electron chi connectivity index (χ2n) is 6.86. The molecule has 4 rings (SSSR count). The number of anilines is 1. The van der Waals surface area contributed by atoms with Crippen LogP contribution in [0.15, 0.2) is 71.5 Å². The van der Waals surface area contributed by atoms with E-state index in [1.807, 2.05) is 0 Å². The van der Waals surface area contributed by atoms with Crippen LogP contribution in [0.25, 0.3) is 22.4 Å². The fraction of sp³-hybridized carbons (Fsp3) is 0.0870. The molecule has 2 aromatic heterocycles. The summed E-state index contributed by atoms with van der Waals surface area (Å²) in [4.78, 5) is 16.9. The number of pyridine rings is 1. The highest BCUT2D eigenvalue weighted by molar-refractivity contribution is 6.30. The molecule has 4 aromatic rings. The third-order valence-electron chi connectivity index (χ3n) is 4.83. The Hall–Kier alpha value is -3.58. The van der Waals surface area contributed by atoms with E-state index in [1.54, 1.807) is 55.7 Å². The Morgan fingerprint density at radius 2 is 1.87 bits per heavy atom. The van der Waals surface area contributed by atoms with Crippen molar-refractivity contribution in [3.63, 3.8) is 0 Å². The molecular weight excluding hydrogens is 424 g/mol. The van der Waals surface area contributed by atoms with Gasteiger partial charge in [-0.25, -0.2) is 8.78 Å². The first-order valence-corrected chi connectivity index (χ1v) is 9.73. The molecule has 1 amide bonds. The van der Waals surface area contributed by atoms with Crippen molar-refractivity contribution in [1.29, 1.82) is 0 Å². The third-order valence-corrected chi connectivity index (χ3v) is 5.06. The molecule has 2 heterocycles. The number of nitrogens with one attached hydrogen (secondary N) is 1. The molecule has 5 nitrogen and oxygen atoms in total. The van der Waals surface area contributed by atoms with E-state index in [1.165, 1.54) is 6.07 Å². The standard InChI is InChI=1S/C23H16ClF2N3O2/c1-13(15-3-2-4-16(24)11-15)22(30)28-23-20(14-7-9-27-10-8-14)21(29-31-23)18-6-5-17(25)12-19(18)26/h2-13H,1H3,(H,28,30). The number of hydrogen-bond acceptors (Lipinski definition) is 4. The highest BCUT2D eigenvalue weighted by atomic mass is 35.5. The van der Waals surface area contributed by atoms with Crippen LogP contribution in [-0.2, 0) is 4.79 Å². The number of benzene rings is 2. The van der Waals surface area contributed by atoms with Crippen molar-refractivity contribution in [1.82, 2.24) is 10.1 Å². The molecule has 1 N–H and O–H groups in total. The molecule has 2 aromatic carbocycles. The lowest BCUT2D eigenvalue weighted by Gasteiger charge is -2.12. The maximum atomic E-state index is 14.5.